The van der Waals surface area contributed by atoms with Crippen LogP contribution in [-0.2, 0) is 11.2 Å². The van der Waals surface area contributed by atoms with Crippen molar-refractivity contribution in [2.24, 2.45) is 5.92 Å². The Balaban J connectivity index is 1.58. The van der Waals surface area contributed by atoms with Gasteiger partial charge in [-0.25, -0.2) is 0 Å². The molecule has 0 saturated heterocycles. The smallest absolute Gasteiger partial charge is 0.220 e. The molecule has 1 aliphatic carbocycles. The second-order valence-electron chi connectivity index (χ2n) is 5.77. The fourth-order valence-electron chi connectivity index (χ4n) is 2.86. The van der Waals surface area contributed by atoms with Crippen molar-refractivity contribution in [3.05, 3.63) is 35.9 Å². The molecule has 2 rings (SSSR count). The predicted octanol–water partition coefficient (Wildman–Crippen LogP) is 3.92. The summed E-state index contributed by atoms with van der Waals surface area (Å²) in [6.45, 7) is 0.799. The van der Waals surface area contributed by atoms with E-state index in [2.05, 4.69) is 17.4 Å². The zero-order chi connectivity index (χ0) is 14.2. The molecule has 3 heteroatoms. The van der Waals surface area contributed by atoms with Gasteiger partial charge in [-0.3, -0.25) is 4.79 Å². The van der Waals surface area contributed by atoms with Crippen LogP contribution < -0.4 is 5.32 Å². The normalized spacial score (nSPS) is 22.4. The maximum atomic E-state index is 11.8. The van der Waals surface area contributed by atoms with Crippen LogP contribution in [0, 0.1) is 5.92 Å². The zero-order valence-corrected chi connectivity index (χ0v) is 12.7. The van der Waals surface area contributed by atoms with Crippen molar-refractivity contribution in [1.29, 1.82) is 0 Å². The molecule has 0 aromatic heterocycles. The summed E-state index contributed by atoms with van der Waals surface area (Å²) in [6, 6.07) is 10.3. The first-order chi connectivity index (χ1) is 9.74. The molecular weight excluding hydrogens is 270 g/mol. The highest BCUT2D eigenvalue weighted by atomic mass is 35.5. The third kappa shape index (κ3) is 5.54. The van der Waals surface area contributed by atoms with Crippen molar-refractivity contribution in [2.45, 2.75) is 50.3 Å². The van der Waals surface area contributed by atoms with Crippen LogP contribution in [0.2, 0.25) is 0 Å². The monoisotopic (exact) mass is 293 g/mol. The van der Waals surface area contributed by atoms with E-state index in [0.29, 0.717) is 17.7 Å². The summed E-state index contributed by atoms with van der Waals surface area (Å²) in [7, 11) is 0. The van der Waals surface area contributed by atoms with Gasteiger partial charge in [-0.2, -0.15) is 0 Å². The highest BCUT2D eigenvalue weighted by molar-refractivity contribution is 6.20. The lowest BCUT2D eigenvalue weighted by Gasteiger charge is -2.25. The van der Waals surface area contributed by atoms with E-state index in [-0.39, 0.29) is 5.91 Å². The molecule has 2 unspecified atom stereocenters. The second-order valence-corrected chi connectivity index (χ2v) is 6.39. The maximum absolute atomic E-state index is 11.8. The summed E-state index contributed by atoms with van der Waals surface area (Å²) in [5.41, 5.74) is 1.30. The van der Waals surface area contributed by atoms with E-state index >= 15 is 0 Å². The Kier molecular flexibility index (Phi) is 6.38. The molecule has 1 amide bonds. The molecule has 1 N–H and O–H groups in total. The van der Waals surface area contributed by atoms with Crippen molar-refractivity contribution >= 4 is 17.5 Å². The van der Waals surface area contributed by atoms with E-state index in [9.17, 15) is 4.79 Å². The lowest BCUT2D eigenvalue weighted by atomic mass is 9.89. The van der Waals surface area contributed by atoms with Gasteiger partial charge in [0.05, 0.1) is 0 Å². The van der Waals surface area contributed by atoms with Crippen LogP contribution in [0.3, 0.4) is 0 Å². The first-order valence-corrected chi connectivity index (χ1v) is 8.12. The van der Waals surface area contributed by atoms with Gasteiger partial charge in [0, 0.05) is 18.3 Å². The highest BCUT2D eigenvalue weighted by Crippen LogP contribution is 2.27. The summed E-state index contributed by atoms with van der Waals surface area (Å²) >= 11 is 6.17. The number of aryl methyl sites for hydroxylation is 1. The molecule has 110 valence electrons. The number of alkyl halides is 1. The number of benzene rings is 1. The topological polar surface area (TPSA) is 29.1 Å². The number of carbonyl (C=O) groups excluding carboxylic acids is 1. The summed E-state index contributed by atoms with van der Waals surface area (Å²) in [4.78, 5) is 11.8. The average Bonchev–Trinajstić information content (AvgIpc) is 2.46. The molecule has 1 aromatic carbocycles. The molecule has 2 nitrogen and oxygen atoms in total. The summed E-state index contributed by atoms with van der Waals surface area (Å²) < 4.78 is 0. The lowest BCUT2D eigenvalue weighted by molar-refractivity contribution is -0.121. The molecule has 0 spiro atoms. The van der Waals surface area contributed by atoms with Crippen LogP contribution in [0.5, 0.6) is 0 Å². The molecule has 0 aliphatic heterocycles. The van der Waals surface area contributed by atoms with Crippen LogP contribution in [0.1, 0.15) is 44.1 Å². The van der Waals surface area contributed by atoms with Gasteiger partial charge < -0.3 is 5.32 Å². The quantitative estimate of drug-likeness (QED) is 0.791. The van der Waals surface area contributed by atoms with Gasteiger partial charge in [0.15, 0.2) is 0 Å². The minimum atomic E-state index is 0.178. The predicted molar refractivity (Wildman–Crippen MR) is 84.0 cm³/mol. The van der Waals surface area contributed by atoms with Gasteiger partial charge in [-0.05, 0) is 43.6 Å². The number of rotatable bonds is 6. The Morgan fingerprint density at radius 2 is 2.05 bits per heavy atom. The average molecular weight is 294 g/mol. The van der Waals surface area contributed by atoms with Crippen LogP contribution >= 0.6 is 11.6 Å². The zero-order valence-electron chi connectivity index (χ0n) is 12.0. The number of hydrogen-bond donors (Lipinski definition) is 1. The van der Waals surface area contributed by atoms with Crippen LogP contribution in [0.15, 0.2) is 30.3 Å². The maximum Gasteiger partial charge on any atom is 0.220 e. The van der Waals surface area contributed by atoms with Crippen LogP contribution in [0.25, 0.3) is 0 Å². The molecule has 0 bridgehead atoms. The lowest BCUT2D eigenvalue weighted by Crippen LogP contribution is -2.31. The Hall–Kier alpha value is -1.02. The van der Waals surface area contributed by atoms with Gasteiger partial charge in [0.2, 0.25) is 5.91 Å². The molecular formula is C17H24ClNO. The third-order valence-corrected chi connectivity index (χ3v) is 4.42. The van der Waals surface area contributed by atoms with E-state index in [1.54, 1.807) is 0 Å². The van der Waals surface area contributed by atoms with Gasteiger partial charge in [-0.1, -0.05) is 36.8 Å². The first kappa shape index (κ1) is 15.4. The summed E-state index contributed by atoms with van der Waals surface area (Å²) in [5.74, 6) is 0.752. The minimum Gasteiger partial charge on any atom is -0.356 e. The van der Waals surface area contributed by atoms with Crippen LogP contribution in [0.4, 0.5) is 0 Å². The minimum absolute atomic E-state index is 0.178. The largest absolute Gasteiger partial charge is 0.356 e. The molecule has 2 atom stereocenters. The van der Waals surface area contributed by atoms with Gasteiger partial charge >= 0.3 is 0 Å². The Morgan fingerprint density at radius 3 is 2.80 bits per heavy atom. The fraction of sp³-hybridized carbons (Fsp3) is 0.588. The number of nitrogens with one attached hydrogen (secondary N) is 1. The van der Waals surface area contributed by atoms with E-state index in [1.807, 2.05) is 18.2 Å². The van der Waals surface area contributed by atoms with Crippen molar-refractivity contribution in [1.82, 2.24) is 5.32 Å². The van der Waals surface area contributed by atoms with E-state index in [4.69, 9.17) is 11.6 Å². The highest BCUT2D eigenvalue weighted by Gasteiger charge is 2.20. The van der Waals surface area contributed by atoms with Gasteiger partial charge in [-0.15, -0.1) is 11.6 Å². The SMILES string of the molecule is O=C(CCCc1ccccc1)NCC1CCCC(Cl)C1. The number of halogens is 1. The standard InChI is InChI=1S/C17H24ClNO/c18-16-10-4-9-15(12-16)13-19-17(20)11-5-8-14-6-2-1-3-7-14/h1-3,6-7,15-16H,4-5,8-13H2,(H,19,20). The molecule has 1 fully saturated rings. The Morgan fingerprint density at radius 1 is 1.25 bits per heavy atom. The summed E-state index contributed by atoms with van der Waals surface area (Å²) in [6.07, 6.45) is 7.08. The van der Waals surface area contributed by atoms with Crippen molar-refractivity contribution < 1.29 is 4.79 Å². The van der Waals surface area contributed by atoms with Gasteiger partial charge in [0.1, 0.15) is 0 Å². The van der Waals surface area contributed by atoms with E-state index < -0.39 is 0 Å². The van der Waals surface area contributed by atoms with Gasteiger partial charge in [0.25, 0.3) is 0 Å². The van der Waals surface area contributed by atoms with Crippen molar-refractivity contribution in [3.63, 3.8) is 0 Å². The van der Waals surface area contributed by atoms with Crippen molar-refractivity contribution in [3.8, 4) is 0 Å². The molecule has 1 aromatic rings. The van der Waals surface area contributed by atoms with E-state index in [1.165, 1.54) is 18.4 Å². The second kappa shape index (κ2) is 8.31. The molecule has 20 heavy (non-hydrogen) atoms. The van der Waals surface area contributed by atoms with E-state index in [0.717, 1.165) is 32.2 Å². The Labute approximate surface area is 126 Å². The molecule has 1 saturated carbocycles. The molecule has 0 radical (unpaired) electrons. The Bertz CT molecular complexity index is 407. The number of amides is 1. The number of carbonyl (C=O) groups is 1. The van der Waals surface area contributed by atoms with Crippen LogP contribution in [-0.4, -0.2) is 17.8 Å². The van der Waals surface area contributed by atoms with Crippen molar-refractivity contribution in [2.75, 3.05) is 6.54 Å². The fourth-order valence-corrected chi connectivity index (χ4v) is 3.26. The number of hydrogen-bond acceptors (Lipinski definition) is 1. The first-order valence-electron chi connectivity index (χ1n) is 7.68. The third-order valence-electron chi connectivity index (χ3n) is 4.02. The molecule has 0 heterocycles. The summed E-state index contributed by atoms with van der Waals surface area (Å²) in [5, 5.41) is 3.37. The molecule has 1 aliphatic rings.